The van der Waals surface area contributed by atoms with Crippen molar-refractivity contribution >= 4 is 23.4 Å². The Bertz CT molecular complexity index is 532. The Balaban J connectivity index is 2.40. The van der Waals surface area contributed by atoms with E-state index >= 15 is 0 Å². The lowest BCUT2D eigenvalue weighted by atomic mass is 9.91. The molecule has 0 unspecified atom stereocenters. The smallest absolute Gasteiger partial charge is 0.235 e. The molecule has 0 atom stereocenters. The molecule has 0 aliphatic carbocycles. The summed E-state index contributed by atoms with van der Waals surface area (Å²) < 4.78 is 4.92. The van der Waals surface area contributed by atoms with Gasteiger partial charge in [-0.25, -0.2) is 0 Å². The van der Waals surface area contributed by atoms with Crippen molar-refractivity contribution in [1.82, 2.24) is 10.6 Å². The molecule has 0 heterocycles. The highest BCUT2D eigenvalue weighted by Crippen LogP contribution is 2.15. The second kappa shape index (κ2) is 9.53. The van der Waals surface area contributed by atoms with Gasteiger partial charge in [0.05, 0.1) is 0 Å². The maximum atomic E-state index is 12.2. The summed E-state index contributed by atoms with van der Waals surface area (Å²) in [5.41, 5.74) is -0.0684. The molecule has 0 radical (unpaired) electrons. The van der Waals surface area contributed by atoms with Crippen LogP contribution in [0.2, 0.25) is 5.02 Å². The second-order valence-electron chi connectivity index (χ2n) is 5.86. The second-order valence-corrected chi connectivity index (χ2v) is 6.30. The predicted molar refractivity (Wildman–Crippen MR) is 91.4 cm³/mol. The van der Waals surface area contributed by atoms with Crippen LogP contribution in [0.5, 0.6) is 0 Å². The maximum Gasteiger partial charge on any atom is 0.235 e. The van der Waals surface area contributed by atoms with Crippen LogP contribution in [0, 0.1) is 5.41 Å². The number of rotatable bonds is 9. The summed E-state index contributed by atoms with van der Waals surface area (Å²) in [6, 6.07) is 7.49. The van der Waals surface area contributed by atoms with Crippen molar-refractivity contribution < 1.29 is 14.3 Å². The fourth-order valence-corrected chi connectivity index (χ4v) is 2.19. The minimum absolute atomic E-state index is 0.283. The van der Waals surface area contributed by atoms with Gasteiger partial charge < -0.3 is 15.4 Å². The predicted octanol–water partition coefficient (Wildman–Crippen LogP) is 2.18. The molecule has 2 N–H and O–H groups in total. The third-order valence-electron chi connectivity index (χ3n) is 3.53. The van der Waals surface area contributed by atoms with Crippen LogP contribution in [0.1, 0.15) is 25.8 Å². The van der Waals surface area contributed by atoms with E-state index in [1.807, 2.05) is 18.2 Å². The van der Waals surface area contributed by atoms with Crippen LogP contribution in [-0.2, 0) is 20.7 Å². The summed E-state index contributed by atoms with van der Waals surface area (Å²) in [4.78, 5) is 24.3. The molecule has 0 aromatic heterocycles. The van der Waals surface area contributed by atoms with Gasteiger partial charge in [-0.3, -0.25) is 9.59 Å². The average molecular weight is 341 g/mol. The number of hydrogen-bond acceptors (Lipinski definition) is 3. The zero-order valence-electron chi connectivity index (χ0n) is 13.9. The van der Waals surface area contributed by atoms with Crippen molar-refractivity contribution in [3.05, 3.63) is 34.9 Å². The summed E-state index contributed by atoms with van der Waals surface area (Å²) >= 11 is 5.92. The van der Waals surface area contributed by atoms with E-state index in [-0.39, 0.29) is 11.8 Å². The highest BCUT2D eigenvalue weighted by Gasteiger charge is 2.35. The highest BCUT2D eigenvalue weighted by atomic mass is 35.5. The highest BCUT2D eigenvalue weighted by molar-refractivity contribution is 6.30. The number of nitrogens with one attached hydrogen (secondary N) is 2. The van der Waals surface area contributed by atoms with Crippen LogP contribution >= 0.6 is 11.6 Å². The Morgan fingerprint density at radius 3 is 2.43 bits per heavy atom. The molecule has 6 heteroatoms. The van der Waals surface area contributed by atoms with Gasteiger partial charge in [0.2, 0.25) is 11.8 Å². The van der Waals surface area contributed by atoms with Crippen molar-refractivity contribution in [3.63, 3.8) is 0 Å². The number of halogens is 1. The molecule has 23 heavy (non-hydrogen) atoms. The van der Waals surface area contributed by atoms with E-state index in [1.54, 1.807) is 27.0 Å². The summed E-state index contributed by atoms with van der Waals surface area (Å²) in [6.45, 7) is 4.76. The number of carbonyl (C=O) groups is 2. The van der Waals surface area contributed by atoms with E-state index < -0.39 is 5.41 Å². The lowest BCUT2D eigenvalue weighted by Crippen LogP contribution is -2.48. The molecule has 2 amide bonds. The Morgan fingerprint density at radius 2 is 1.83 bits per heavy atom. The van der Waals surface area contributed by atoms with Crippen LogP contribution < -0.4 is 10.6 Å². The molecule has 0 saturated heterocycles. The first kappa shape index (κ1) is 19.5. The monoisotopic (exact) mass is 340 g/mol. The number of ether oxygens (including phenoxy) is 1. The van der Waals surface area contributed by atoms with Gasteiger partial charge in [-0.05, 0) is 44.4 Å². The third-order valence-corrected chi connectivity index (χ3v) is 3.77. The quantitative estimate of drug-likeness (QED) is 0.535. The normalized spacial score (nSPS) is 11.1. The lowest BCUT2D eigenvalue weighted by molar-refractivity contribution is -0.141. The summed E-state index contributed by atoms with van der Waals surface area (Å²) in [6.07, 6.45) is 1.38. The van der Waals surface area contributed by atoms with E-state index in [1.165, 1.54) is 0 Å². The maximum absolute atomic E-state index is 12.2. The van der Waals surface area contributed by atoms with Crippen LogP contribution in [0.4, 0.5) is 0 Å². The fourth-order valence-electron chi connectivity index (χ4n) is 1.98. The molecular weight excluding hydrogens is 316 g/mol. The first-order valence-corrected chi connectivity index (χ1v) is 8.05. The van der Waals surface area contributed by atoms with Gasteiger partial charge in [0.15, 0.2) is 0 Å². The van der Waals surface area contributed by atoms with Crippen LogP contribution in [0.3, 0.4) is 0 Å². The molecule has 128 valence electrons. The Kier molecular flexibility index (Phi) is 8.06. The van der Waals surface area contributed by atoms with Crippen molar-refractivity contribution in [2.75, 3.05) is 26.8 Å². The molecule has 0 fully saturated rings. The number of amides is 2. The van der Waals surface area contributed by atoms with Gasteiger partial charge in [0.25, 0.3) is 0 Å². The number of methoxy groups -OCH3 is 1. The van der Waals surface area contributed by atoms with Crippen molar-refractivity contribution in [3.8, 4) is 0 Å². The van der Waals surface area contributed by atoms with Gasteiger partial charge in [0, 0.05) is 31.8 Å². The van der Waals surface area contributed by atoms with Crippen LogP contribution in [-0.4, -0.2) is 38.6 Å². The van der Waals surface area contributed by atoms with Crippen molar-refractivity contribution in [1.29, 1.82) is 0 Å². The molecule has 5 nitrogen and oxygen atoms in total. The molecule has 0 bridgehead atoms. The Hall–Kier alpha value is -1.59. The number of hydrogen-bond donors (Lipinski definition) is 2. The largest absolute Gasteiger partial charge is 0.385 e. The van der Waals surface area contributed by atoms with Crippen molar-refractivity contribution in [2.45, 2.75) is 26.7 Å². The molecule has 1 aromatic carbocycles. The fraction of sp³-hybridized carbons (Fsp3) is 0.529. The zero-order chi connectivity index (χ0) is 17.3. The van der Waals surface area contributed by atoms with E-state index in [4.69, 9.17) is 16.3 Å². The molecule has 1 rings (SSSR count). The molecule has 0 aliphatic heterocycles. The third kappa shape index (κ3) is 6.59. The topological polar surface area (TPSA) is 67.4 Å². The first-order chi connectivity index (χ1) is 10.9. The average Bonchev–Trinajstić information content (AvgIpc) is 2.51. The van der Waals surface area contributed by atoms with E-state index in [2.05, 4.69) is 10.6 Å². The Labute approximate surface area is 142 Å². The summed E-state index contributed by atoms with van der Waals surface area (Å²) in [5, 5.41) is 6.23. The molecule has 0 spiro atoms. The van der Waals surface area contributed by atoms with Gasteiger partial charge in [-0.2, -0.15) is 0 Å². The minimum Gasteiger partial charge on any atom is -0.385 e. The van der Waals surface area contributed by atoms with Gasteiger partial charge in [-0.15, -0.1) is 0 Å². The molecular formula is C17H25ClN2O3. The standard InChI is InChI=1S/C17H25ClN2O3/c1-17(2,15(21)19-9-5-11-23-3)16(22)20-10-8-13-6-4-7-14(18)12-13/h4,6-7,12H,5,8-11H2,1-3H3,(H,19,21)(H,20,22). The summed E-state index contributed by atoms with van der Waals surface area (Å²) in [7, 11) is 1.61. The lowest BCUT2D eigenvalue weighted by Gasteiger charge is -2.22. The van der Waals surface area contributed by atoms with Crippen LogP contribution in [0.25, 0.3) is 0 Å². The first-order valence-electron chi connectivity index (χ1n) is 7.68. The molecule has 0 saturated carbocycles. The number of carbonyl (C=O) groups excluding carboxylic acids is 2. The van der Waals surface area contributed by atoms with E-state index in [0.717, 1.165) is 5.56 Å². The minimum atomic E-state index is -1.11. The zero-order valence-corrected chi connectivity index (χ0v) is 14.7. The van der Waals surface area contributed by atoms with E-state index in [0.29, 0.717) is 37.6 Å². The SMILES string of the molecule is COCCCNC(=O)C(C)(C)C(=O)NCCc1cccc(Cl)c1. The van der Waals surface area contributed by atoms with Crippen molar-refractivity contribution in [2.24, 2.45) is 5.41 Å². The summed E-state index contributed by atoms with van der Waals surface area (Å²) in [5.74, 6) is -0.572. The Morgan fingerprint density at radius 1 is 1.17 bits per heavy atom. The van der Waals surface area contributed by atoms with Gasteiger partial charge >= 0.3 is 0 Å². The van der Waals surface area contributed by atoms with Gasteiger partial charge in [0.1, 0.15) is 5.41 Å². The van der Waals surface area contributed by atoms with Crippen LogP contribution in [0.15, 0.2) is 24.3 Å². The van der Waals surface area contributed by atoms with Gasteiger partial charge in [-0.1, -0.05) is 23.7 Å². The molecule has 0 aliphatic rings. The van der Waals surface area contributed by atoms with E-state index in [9.17, 15) is 9.59 Å². The molecule has 1 aromatic rings. The number of benzene rings is 1.